The number of carbonyl (C=O) groups excluding carboxylic acids is 1. The Morgan fingerprint density at radius 2 is 1.45 bits per heavy atom. The number of para-hydroxylation sites is 3. The summed E-state index contributed by atoms with van der Waals surface area (Å²) < 4.78 is 0. The second-order valence-electron chi connectivity index (χ2n) is 6.94. The number of pyridine rings is 1. The summed E-state index contributed by atoms with van der Waals surface area (Å²) in [5.74, 6) is 0.338. The first-order valence-corrected chi connectivity index (χ1v) is 10.5. The van der Waals surface area contributed by atoms with Gasteiger partial charge in [-0.2, -0.15) is 0 Å². The van der Waals surface area contributed by atoms with Gasteiger partial charge in [-0.1, -0.05) is 66.4 Å². The molecule has 0 spiro atoms. The minimum absolute atomic E-state index is 0.0248. The number of hydrogen-bond acceptors (Lipinski definition) is 3. The third kappa shape index (κ3) is 4.17. The molecule has 144 valence electrons. The molecule has 4 aromatic rings. The summed E-state index contributed by atoms with van der Waals surface area (Å²) in [5, 5.41) is 2.04. The van der Waals surface area contributed by atoms with E-state index in [4.69, 9.17) is 4.98 Å². The van der Waals surface area contributed by atoms with Crippen LogP contribution in [0.25, 0.3) is 10.9 Å². The average molecular weight is 399 g/mol. The van der Waals surface area contributed by atoms with Gasteiger partial charge in [0.2, 0.25) is 5.91 Å². The highest BCUT2D eigenvalue weighted by Crippen LogP contribution is 2.29. The summed E-state index contributed by atoms with van der Waals surface area (Å²) in [6.07, 6.45) is 0. The quantitative estimate of drug-likeness (QED) is 0.369. The highest BCUT2D eigenvalue weighted by atomic mass is 32.2. The third-order valence-electron chi connectivity index (χ3n) is 4.85. The summed E-state index contributed by atoms with van der Waals surface area (Å²) in [6, 6.07) is 27.8. The van der Waals surface area contributed by atoms with Gasteiger partial charge in [0, 0.05) is 16.8 Å². The molecule has 0 bridgehead atoms. The normalized spacial score (nSPS) is 10.8. The van der Waals surface area contributed by atoms with Gasteiger partial charge < -0.3 is 0 Å². The summed E-state index contributed by atoms with van der Waals surface area (Å²) >= 11 is 1.48. The molecule has 29 heavy (non-hydrogen) atoms. The van der Waals surface area contributed by atoms with Crippen LogP contribution in [0.2, 0.25) is 0 Å². The lowest BCUT2D eigenvalue weighted by atomic mass is 10.1. The number of aryl methyl sites for hydroxylation is 2. The van der Waals surface area contributed by atoms with E-state index in [1.807, 2.05) is 60.7 Å². The predicted molar refractivity (Wildman–Crippen MR) is 122 cm³/mol. The maximum atomic E-state index is 13.2. The molecule has 1 amide bonds. The molecular weight excluding hydrogens is 376 g/mol. The molecule has 0 radical (unpaired) electrons. The molecule has 0 saturated carbocycles. The Balaban J connectivity index is 1.60. The monoisotopic (exact) mass is 398 g/mol. The van der Waals surface area contributed by atoms with E-state index < -0.39 is 0 Å². The van der Waals surface area contributed by atoms with Crippen LogP contribution < -0.4 is 4.90 Å². The Hall–Kier alpha value is -3.11. The standard InChI is InChI=1S/C25H22N2OS/c1-18-10-9-15-22-19(2)16-23(26-25(18)22)29-17-24(28)27(20-11-5-3-6-12-20)21-13-7-4-8-14-21/h3-16H,17H2,1-2H3. The Labute approximate surface area is 175 Å². The predicted octanol–water partition coefficient (Wildman–Crippen LogP) is 6.31. The number of benzene rings is 3. The fourth-order valence-electron chi connectivity index (χ4n) is 3.40. The molecule has 0 aliphatic heterocycles. The molecule has 4 heteroatoms. The summed E-state index contributed by atoms with van der Waals surface area (Å²) in [7, 11) is 0. The first kappa shape index (κ1) is 19.2. The molecule has 0 aliphatic carbocycles. The topological polar surface area (TPSA) is 33.2 Å². The molecule has 0 aliphatic rings. The van der Waals surface area contributed by atoms with Gasteiger partial charge in [0.1, 0.15) is 0 Å². The fourth-order valence-corrected chi connectivity index (χ4v) is 4.21. The minimum atomic E-state index is 0.0248. The Bertz CT molecular complexity index is 1100. The SMILES string of the molecule is Cc1cc(SCC(=O)N(c2ccccc2)c2ccccc2)nc2c(C)cccc12. The number of thioether (sulfide) groups is 1. The number of aromatic nitrogens is 1. The smallest absolute Gasteiger partial charge is 0.241 e. The van der Waals surface area contributed by atoms with Crippen molar-refractivity contribution in [1.29, 1.82) is 0 Å². The van der Waals surface area contributed by atoms with Crippen molar-refractivity contribution in [1.82, 2.24) is 4.98 Å². The van der Waals surface area contributed by atoms with Crippen molar-refractivity contribution < 1.29 is 4.79 Å². The van der Waals surface area contributed by atoms with Crippen LogP contribution in [0, 0.1) is 13.8 Å². The van der Waals surface area contributed by atoms with E-state index in [1.54, 1.807) is 4.90 Å². The lowest BCUT2D eigenvalue weighted by Crippen LogP contribution is -2.27. The molecule has 0 unspecified atom stereocenters. The van der Waals surface area contributed by atoms with Gasteiger partial charge >= 0.3 is 0 Å². The van der Waals surface area contributed by atoms with Gasteiger partial charge in [0.25, 0.3) is 0 Å². The minimum Gasteiger partial charge on any atom is -0.280 e. The molecule has 1 heterocycles. The average Bonchev–Trinajstić information content (AvgIpc) is 2.75. The number of anilines is 2. The number of hydrogen-bond donors (Lipinski definition) is 0. The van der Waals surface area contributed by atoms with Crippen LogP contribution in [-0.2, 0) is 4.79 Å². The molecule has 4 rings (SSSR count). The van der Waals surface area contributed by atoms with Crippen molar-refractivity contribution in [3.8, 4) is 0 Å². The van der Waals surface area contributed by atoms with Crippen LogP contribution in [0.5, 0.6) is 0 Å². The van der Waals surface area contributed by atoms with Gasteiger partial charge in [-0.15, -0.1) is 0 Å². The number of fused-ring (bicyclic) bond motifs is 1. The van der Waals surface area contributed by atoms with Crippen molar-refractivity contribution in [2.45, 2.75) is 18.9 Å². The van der Waals surface area contributed by atoms with E-state index in [0.29, 0.717) is 5.75 Å². The fraction of sp³-hybridized carbons (Fsp3) is 0.120. The number of amides is 1. The Kier molecular flexibility index (Phi) is 5.63. The zero-order valence-electron chi connectivity index (χ0n) is 16.5. The van der Waals surface area contributed by atoms with Gasteiger partial charge in [-0.25, -0.2) is 4.98 Å². The Morgan fingerprint density at radius 1 is 0.828 bits per heavy atom. The molecular formula is C25H22N2OS. The van der Waals surface area contributed by atoms with Crippen molar-refractivity contribution in [2.75, 3.05) is 10.7 Å². The molecule has 0 fully saturated rings. The van der Waals surface area contributed by atoms with Crippen LogP contribution in [0.4, 0.5) is 11.4 Å². The van der Waals surface area contributed by atoms with Gasteiger partial charge in [0.05, 0.1) is 16.3 Å². The number of rotatable bonds is 5. The van der Waals surface area contributed by atoms with E-state index in [-0.39, 0.29) is 5.91 Å². The van der Waals surface area contributed by atoms with Crippen LogP contribution in [0.3, 0.4) is 0 Å². The maximum absolute atomic E-state index is 13.2. The lowest BCUT2D eigenvalue weighted by Gasteiger charge is -2.23. The summed E-state index contributed by atoms with van der Waals surface area (Å²) in [4.78, 5) is 19.8. The molecule has 3 nitrogen and oxygen atoms in total. The highest BCUT2D eigenvalue weighted by molar-refractivity contribution is 7.99. The van der Waals surface area contributed by atoms with Crippen molar-refractivity contribution >= 4 is 39.9 Å². The van der Waals surface area contributed by atoms with E-state index >= 15 is 0 Å². The van der Waals surface area contributed by atoms with Crippen LogP contribution in [0.15, 0.2) is 90.0 Å². The van der Waals surface area contributed by atoms with Gasteiger partial charge in [-0.05, 0) is 55.3 Å². The van der Waals surface area contributed by atoms with Gasteiger partial charge in [-0.3, -0.25) is 9.69 Å². The maximum Gasteiger partial charge on any atom is 0.241 e. The molecule has 0 saturated heterocycles. The van der Waals surface area contributed by atoms with Crippen molar-refractivity contribution in [3.63, 3.8) is 0 Å². The van der Waals surface area contributed by atoms with Crippen LogP contribution in [0.1, 0.15) is 11.1 Å². The summed E-state index contributed by atoms with van der Waals surface area (Å²) in [5.41, 5.74) is 5.06. The van der Waals surface area contributed by atoms with Crippen molar-refractivity contribution in [2.24, 2.45) is 0 Å². The third-order valence-corrected chi connectivity index (χ3v) is 5.74. The van der Waals surface area contributed by atoms with Crippen molar-refractivity contribution in [3.05, 3.63) is 96.1 Å². The van der Waals surface area contributed by atoms with Crippen LogP contribution in [-0.4, -0.2) is 16.6 Å². The molecule has 1 aromatic heterocycles. The molecule has 3 aromatic carbocycles. The first-order valence-electron chi connectivity index (χ1n) is 9.56. The second-order valence-corrected chi connectivity index (χ2v) is 7.93. The molecule has 0 N–H and O–H groups in total. The first-order chi connectivity index (χ1) is 14.1. The highest BCUT2D eigenvalue weighted by Gasteiger charge is 2.18. The van der Waals surface area contributed by atoms with Crippen LogP contribution >= 0.6 is 11.8 Å². The van der Waals surface area contributed by atoms with E-state index in [0.717, 1.165) is 32.9 Å². The summed E-state index contributed by atoms with van der Waals surface area (Å²) in [6.45, 7) is 4.16. The Morgan fingerprint density at radius 3 is 2.07 bits per heavy atom. The number of nitrogens with zero attached hydrogens (tertiary/aromatic N) is 2. The van der Waals surface area contributed by atoms with Gasteiger partial charge in [0.15, 0.2) is 0 Å². The molecule has 0 atom stereocenters. The zero-order valence-corrected chi connectivity index (χ0v) is 17.3. The van der Waals surface area contributed by atoms with E-state index in [1.165, 1.54) is 17.3 Å². The van der Waals surface area contributed by atoms with E-state index in [2.05, 4.69) is 38.1 Å². The largest absolute Gasteiger partial charge is 0.280 e. The number of carbonyl (C=O) groups is 1. The second kappa shape index (κ2) is 8.50. The zero-order chi connectivity index (χ0) is 20.2. The lowest BCUT2D eigenvalue weighted by molar-refractivity contribution is -0.115. The van der Waals surface area contributed by atoms with E-state index in [9.17, 15) is 4.79 Å².